The van der Waals surface area contributed by atoms with Gasteiger partial charge in [0.2, 0.25) is 0 Å². The lowest BCUT2D eigenvalue weighted by Gasteiger charge is -2.40. The number of unbranched alkanes of at least 4 members (excludes halogenated alkanes) is 4. The van der Waals surface area contributed by atoms with Gasteiger partial charge in [-0.2, -0.15) is 0 Å². The first-order valence-electron chi connectivity index (χ1n) is 9.07. The van der Waals surface area contributed by atoms with Gasteiger partial charge in [-0.25, -0.2) is 0 Å². The third-order valence-corrected chi connectivity index (χ3v) is 5.04. The first-order chi connectivity index (χ1) is 9.79. The van der Waals surface area contributed by atoms with Crippen LogP contribution < -0.4 is 5.32 Å². The maximum Gasteiger partial charge on any atom is 0.0830 e. The van der Waals surface area contributed by atoms with Gasteiger partial charge in [-0.3, -0.25) is 0 Å². The van der Waals surface area contributed by atoms with E-state index >= 15 is 0 Å². The summed E-state index contributed by atoms with van der Waals surface area (Å²) in [7, 11) is 1.94. The van der Waals surface area contributed by atoms with E-state index in [0.717, 1.165) is 6.54 Å². The summed E-state index contributed by atoms with van der Waals surface area (Å²) in [6.07, 6.45) is 16.1. The molecule has 0 aromatic carbocycles. The highest BCUT2D eigenvalue weighted by atomic mass is 16.5. The van der Waals surface area contributed by atoms with Crippen LogP contribution in [-0.4, -0.2) is 25.3 Å². The molecule has 0 amide bonds. The monoisotopic (exact) mass is 283 g/mol. The van der Waals surface area contributed by atoms with E-state index in [1.54, 1.807) is 0 Å². The van der Waals surface area contributed by atoms with Gasteiger partial charge in [-0.05, 0) is 25.8 Å². The van der Waals surface area contributed by atoms with E-state index in [-0.39, 0.29) is 5.60 Å². The summed E-state index contributed by atoms with van der Waals surface area (Å²) in [5.41, 5.74) is 0.108. The van der Waals surface area contributed by atoms with Crippen LogP contribution in [0.3, 0.4) is 0 Å². The lowest BCUT2D eigenvalue weighted by molar-refractivity contribution is -0.0549. The van der Waals surface area contributed by atoms with E-state index in [1.807, 2.05) is 7.11 Å². The normalized spacial score (nSPS) is 20.6. The average molecular weight is 284 g/mol. The van der Waals surface area contributed by atoms with Crippen molar-refractivity contribution in [3.8, 4) is 0 Å². The molecule has 0 aliphatic heterocycles. The fraction of sp³-hybridized carbons (Fsp3) is 1.00. The SMILES string of the molecule is CCCCCCCC(NCC)C1(OC)CCCCCC1. The van der Waals surface area contributed by atoms with Gasteiger partial charge in [-0.15, -0.1) is 0 Å². The number of rotatable bonds is 10. The van der Waals surface area contributed by atoms with Gasteiger partial charge in [0, 0.05) is 13.2 Å². The number of ether oxygens (including phenoxy) is 1. The molecule has 1 unspecified atom stereocenters. The van der Waals surface area contributed by atoms with Gasteiger partial charge in [0.05, 0.1) is 5.60 Å². The molecule has 0 radical (unpaired) electrons. The third-order valence-electron chi connectivity index (χ3n) is 5.04. The number of hydrogen-bond donors (Lipinski definition) is 1. The topological polar surface area (TPSA) is 21.3 Å². The maximum atomic E-state index is 6.09. The number of methoxy groups -OCH3 is 1. The van der Waals surface area contributed by atoms with Crippen LogP contribution in [0.1, 0.15) is 90.9 Å². The van der Waals surface area contributed by atoms with E-state index in [1.165, 1.54) is 77.0 Å². The Bertz CT molecular complexity index is 221. The van der Waals surface area contributed by atoms with Crippen LogP contribution >= 0.6 is 0 Å². The molecule has 0 heterocycles. The third kappa shape index (κ3) is 5.73. The second-order valence-corrected chi connectivity index (χ2v) is 6.50. The Balaban J connectivity index is 2.51. The largest absolute Gasteiger partial charge is 0.377 e. The van der Waals surface area contributed by atoms with Crippen molar-refractivity contribution >= 4 is 0 Å². The van der Waals surface area contributed by atoms with Crippen molar-refractivity contribution < 1.29 is 4.74 Å². The molecule has 1 saturated carbocycles. The molecule has 0 aromatic heterocycles. The van der Waals surface area contributed by atoms with E-state index < -0.39 is 0 Å². The Morgan fingerprint density at radius 1 is 0.950 bits per heavy atom. The van der Waals surface area contributed by atoms with E-state index in [2.05, 4.69) is 19.2 Å². The Morgan fingerprint density at radius 2 is 1.60 bits per heavy atom. The van der Waals surface area contributed by atoms with Crippen LogP contribution in [0.5, 0.6) is 0 Å². The molecule has 0 aromatic rings. The quantitative estimate of drug-likeness (QED) is 0.447. The molecule has 20 heavy (non-hydrogen) atoms. The summed E-state index contributed by atoms with van der Waals surface area (Å²) >= 11 is 0. The first kappa shape index (κ1) is 18.0. The minimum atomic E-state index is 0.108. The molecule has 2 nitrogen and oxygen atoms in total. The highest BCUT2D eigenvalue weighted by molar-refractivity contribution is 4.94. The molecule has 120 valence electrons. The second-order valence-electron chi connectivity index (χ2n) is 6.50. The summed E-state index contributed by atoms with van der Waals surface area (Å²) < 4.78 is 6.09. The Labute approximate surface area is 127 Å². The van der Waals surface area contributed by atoms with Gasteiger partial charge < -0.3 is 10.1 Å². The Hall–Kier alpha value is -0.0800. The molecular formula is C18H37NO. The second kappa shape index (κ2) is 10.6. The zero-order chi connectivity index (χ0) is 14.7. The van der Waals surface area contributed by atoms with Crippen LogP contribution in [0.25, 0.3) is 0 Å². The van der Waals surface area contributed by atoms with Crippen LogP contribution in [-0.2, 0) is 4.74 Å². The molecule has 0 saturated heterocycles. The van der Waals surface area contributed by atoms with Crippen molar-refractivity contribution in [3.05, 3.63) is 0 Å². The number of likely N-dealkylation sites (N-methyl/N-ethyl adjacent to an activating group) is 1. The van der Waals surface area contributed by atoms with Crippen molar-refractivity contribution in [2.24, 2.45) is 0 Å². The van der Waals surface area contributed by atoms with Crippen molar-refractivity contribution in [2.75, 3.05) is 13.7 Å². The molecule has 0 bridgehead atoms. The Morgan fingerprint density at radius 3 is 2.15 bits per heavy atom. The molecule has 1 rings (SSSR count). The summed E-state index contributed by atoms with van der Waals surface area (Å²) in [4.78, 5) is 0. The fourth-order valence-corrected chi connectivity index (χ4v) is 3.77. The molecule has 1 aliphatic rings. The molecule has 2 heteroatoms. The molecule has 1 fully saturated rings. The van der Waals surface area contributed by atoms with Gasteiger partial charge in [0.25, 0.3) is 0 Å². The van der Waals surface area contributed by atoms with Gasteiger partial charge >= 0.3 is 0 Å². The van der Waals surface area contributed by atoms with Crippen molar-refractivity contribution in [1.82, 2.24) is 5.32 Å². The molecule has 1 N–H and O–H groups in total. The van der Waals surface area contributed by atoms with Crippen LogP contribution in [0.2, 0.25) is 0 Å². The molecular weight excluding hydrogens is 246 g/mol. The van der Waals surface area contributed by atoms with Crippen molar-refractivity contribution in [3.63, 3.8) is 0 Å². The highest BCUT2D eigenvalue weighted by Crippen LogP contribution is 2.35. The zero-order valence-electron chi connectivity index (χ0n) is 14.2. The zero-order valence-corrected chi connectivity index (χ0v) is 14.2. The minimum Gasteiger partial charge on any atom is -0.377 e. The maximum absolute atomic E-state index is 6.09. The average Bonchev–Trinajstić information content (AvgIpc) is 2.72. The van der Waals surface area contributed by atoms with E-state index in [4.69, 9.17) is 4.74 Å². The predicted molar refractivity (Wildman–Crippen MR) is 88.3 cm³/mol. The van der Waals surface area contributed by atoms with E-state index in [0.29, 0.717) is 6.04 Å². The fourth-order valence-electron chi connectivity index (χ4n) is 3.77. The Kier molecular flexibility index (Phi) is 9.54. The van der Waals surface area contributed by atoms with Crippen LogP contribution in [0.4, 0.5) is 0 Å². The summed E-state index contributed by atoms with van der Waals surface area (Å²) in [6, 6.07) is 0.553. The molecule has 0 spiro atoms. The predicted octanol–water partition coefficient (Wildman–Crippen LogP) is 5.06. The van der Waals surface area contributed by atoms with Crippen molar-refractivity contribution in [2.45, 2.75) is 103 Å². The number of nitrogens with one attached hydrogen (secondary N) is 1. The molecule has 1 atom stereocenters. The first-order valence-corrected chi connectivity index (χ1v) is 9.07. The van der Waals surface area contributed by atoms with Crippen LogP contribution in [0, 0.1) is 0 Å². The van der Waals surface area contributed by atoms with Crippen molar-refractivity contribution in [1.29, 1.82) is 0 Å². The smallest absolute Gasteiger partial charge is 0.0830 e. The lowest BCUT2D eigenvalue weighted by Crippen LogP contribution is -2.52. The minimum absolute atomic E-state index is 0.108. The van der Waals surface area contributed by atoms with Gasteiger partial charge in [-0.1, -0.05) is 71.6 Å². The number of hydrogen-bond acceptors (Lipinski definition) is 2. The summed E-state index contributed by atoms with van der Waals surface area (Å²) in [5, 5.41) is 3.74. The van der Waals surface area contributed by atoms with Gasteiger partial charge in [0.15, 0.2) is 0 Å². The summed E-state index contributed by atoms with van der Waals surface area (Å²) in [6.45, 7) is 5.57. The summed E-state index contributed by atoms with van der Waals surface area (Å²) in [5.74, 6) is 0. The van der Waals surface area contributed by atoms with Gasteiger partial charge in [0.1, 0.15) is 0 Å². The van der Waals surface area contributed by atoms with E-state index in [9.17, 15) is 0 Å². The lowest BCUT2D eigenvalue weighted by atomic mass is 9.83. The highest BCUT2D eigenvalue weighted by Gasteiger charge is 2.38. The standard InChI is InChI=1S/C18H37NO/c1-4-6-7-8-11-14-17(19-5-2)18(20-3)15-12-9-10-13-16-18/h17,19H,4-16H2,1-3H3. The van der Waals surface area contributed by atoms with Crippen LogP contribution in [0.15, 0.2) is 0 Å². The molecule has 1 aliphatic carbocycles.